The molecule has 2 atom stereocenters. The molecular weight excluding hydrogens is 534 g/mol. The lowest BCUT2D eigenvalue weighted by atomic mass is 10.1. The van der Waals surface area contributed by atoms with Gasteiger partial charge in [-0.1, -0.05) is 12.1 Å². The van der Waals surface area contributed by atoms with Crippen LogP contribution < -0.4 is 36.1 Å². The lowest BCUT2D eigenvalue weighted by Gasteiger charge is -2.21. The summed E-state index contributed by atoms with van der Waals surface area (Å²) in [6, 6.07) is 12.1. The first-order valence-electron chi connectivity index (χ1n) is 12.8. The lowest BCUT2D eigenvalue weighted by Crippen LogP contribution is -2.45. The van der Waals surface area contributed by atoms with Gasteiger partial charge in [-0.05, 0) is 35.9 Å². The largest absolute Gasteiger partial charge is 0.493 e. The molecule has 0 unspecified atom stereocenters. The van der Waals surface area contributed by atoms with Gasteiger partial charge in [0.05, 0.1) is 19.7 Å². The molecule has 4 heterocycles. The fraction of sp³-hybridized carbons (Fsp3) is 0.321. The zero-order valence-electron chi connectivity index (χ0n) is 22.7. The van der Waals surface area contributed by atoms with Crippen molar-refractivity contribution in [3.63, 3.8) is 0 Å². The van der Waals surface area contributed by atoms with Crippen molar-refractivity contribution in [2.24, 2.45) is 14.1 Å². The van der Waals surface area contributed by atoms with Crippen molar-refractivity contribution in [2.45, 2.75) is 18.7 Å². The maximum atomic E-state index is 13.5. The second-order valence-electron chi connectivity index (χ2n) is 9.79. The molecule has 214 valence electrons. The van der Waals surface area contributed by atoms with Gasteiger partial charge in [0.25, 0.3) is 23.3 Å². The first-order chi connectivity index (χ1) is 19.6. The molecule has 0 spiro atoms. The molecule has 13 nitrogen and oxygen atoms in total. The van der Waals surface area contributed by atoms with Crippen molar-refractivity contribution < 1.29 is 28.6 Å². The number of amides is 3. The maximum Gasteiger partial charge on any atom is 0.331 e. The van der Waals surface area contributed by atoms with E-state index < -0.39 is 35.2 Å². The van der Waals surface area contributed by atoms with Gasteiger partial charge in [0.1, 0.15) is 17.5 Å². The molecule has 1 saturated heterocycles. The van der Waals surface area contributed by atoms with E-state index in [0.717, 1.165) is 20.8 Å². The third-order valence-electron chi connectivity index (χ3n) is 7.10. The Labute approximate surface area is 234 Å². The Morgan fingerprint density at radius 1 is 0.976 bits per heavy atom. The highest BCUT2D eigenvalue weighted by Crippen LogP contribution is 2.29. The van der Waals surface area contributed by atoms with Gasteiger partial charge in [-0.25, -0.2) is 4.79 Å². The summed E-state index contributed by atoms with van der Waals surface area (Å²) in [4.78, 5) is 65.3. The molecule has 2 aromatic carbocycles. The van der Waals surface area contributed by atoms with Gasteiger partial charge in [0.15, 0.2) is 18.1 Å². The number of fused-ring (bicyclic) bond motifs is 7. The zero-order valence-corrected chi connectivity index (χ0v) is 22.7. The molecule has 4 bridgehead atoms. The topological polar surface area (TPSA) is 150 Å². The highest BCUT2D eigenvalue weighted by Gasteiger charge is 2.39. The van der Waals surface area contributed by atoms with Crippen LogP contribution in [0.15, 0.2) is 58.1 Å². The Morgan fingerprint density at radius 3 is 2.46 bits per heavy atom. The lowest BCUT2D eigenvalue weighted by molar-refractivity contribution is -0.123. The van der Waals surface area contributed by atoms with Crippen LogP contribution in [0.2, 0.25) is 0 Å². The van der Waals surface area contributed by atoms with E-state index in [-0.39, 0.29) is 49.2 Å². The first kappa shape index (κ1) is 27.5. The molecule has 6 rings (SSSR count). The van der Waals surface area contributed by atoms with E-state index in [2.05, 4.69) is 10.6 Å². The molecule has 0 saturated carbocycles. The van der Waals surface area contributed by atoms with Crippen LogP contribution in [0, 0.1) is 0 Å². The van der Waals surface area contributed by atoms with Gasteiger partial charge in [0.2, 0.25) is 0 Å². The summed E-state index contributed by atoms with van der Waals surface area (Å²) in [6.45, 7) is 0.134. The number of methoxy groups -OCH3 is 1. The molecular formula is C28H29N5O8. The number of aromatic nitrogens is 2. The number of nitrogens with zero attached hydrogens (tertiary/aromatic N) is 3. The fourth-order valence-electron chi connectivity index (χ4n) is 4.74. The number of carbonyl (C=O) groups excluding carboxylic acids is 3. The highest BCUT2D eigenvalue weighted by molar-refractivity contribution is 5.96. The Hall–Kier alpha value is -5.07. The standard InChI is InChI=1S/C28H29N5O8/c1-31-20(11-25(35)32(2)28(31)38)27(37)33-13-19-23(14-33)41-18-7-4-16(5-8-18)12-29-24(34)15-40-22-10-17(26(36)30-19)6-9-21(22)39-3/h4-11,19,23H,12-15H2,1-3H3,(H,29,34)(H,30,36)/t19-,23-/m0/s1. The molecule has 1 aromatic heterocycles. The number of benzene rings is 2. The Morgan fingerprint density at radius 2 is 1.73 bits per heavy atom. The van der Waals surface area contributed by atoms with Crippen molar-refractivity contribution in [3.8, 4) is 17.2 Å². The summed E-state index contributed by atoms with van der Waals surface area (Å²) in [7, 11) is 4.20. The van der Waals surface area contributed by atoms with Gasteiger partial charge in [-0.15, -0.1) is 0 Å². The average molecular weight is 564 g/mol. The Balaban J connectivity index is 1.48. The third-order valence-corrected chi connectivity index (χ3v) is 7.10. The molecule has 3 aliphatic rings. The van der Waals surface area contributed by atoms with Gasteiger partial charge >= 0.3 is 5.69 Å². The van der Waals surface area contributed by atoms with Crippen molar-refractivity contribution in [1.29, 1.82) is 0 Å². The van der Waals surface area contributed by atoms with Crippen molar-refractivity contribution in [1.82, 2.24) is 24.7 Å². The summed E-state index contributed by atoms with van der Waals surface area (Å²) in [5.74, 6) is -0.290. The summed E-state index contributed by atoms with van der Waals surface area (Å²) in [5, 5.41) is 5.71. The van der Waals surface area contributed by atoms with Crippen LogP contribution in [-0.4, -0.2) is 70.7 Å². The number of hydrogen-bond acceptors (Lipinski definition) is 8. The molecule has 41 heavy (non-hydrogen) atoms. The van der Waals surface area contributed by atoms with E-state index in [1.165, 1.54) is 32.2 Å². The maximum absolute atomic E-state index is 13.5. The van der Waals surface area contributed by atoms with E-state index in [9.17, 15) is 24.0 Å². The molecule has 13 heteroatoms. The van der Waals surface area contributed by atoms with Crippen LogP contribution in [0.3, 0.4) is 0 Å². The molecule has 1 fully saturated rings. The Bertz CT molecular complexity index is 1630. The quantitative estimate of drug-likeness (QED) is 0.436. The van der Waals surface area contributed by atoms with Gasteiger partial charge in [-0.2, -0.15) is 0 Å². The van der Waals surface area contributed by atoms with Crippen LogP contribution in [0.1, 0.15) is 26.4 Å². The summed E-state index contributed by atoms with van der Waals surface area (Å²) >= 11 is 0. The predicted molar refractivity (Wildman–Crippen MR) is 145 cm³/mol. The fourth-order valence-corrected chi connectivity index (χ4v) is 4.74. The van der Waals surface area contributed by atoms with Crippen LogP contribution in [0.5, 0.6) is 17.2 Å². The van der Waals surface area contributed by atoms with Crippen molar-refractivity contribution in [3.05, 3.63) is 86.2 Å². The number of carbonyl (C=O) groups is 3. The van der Waals surface area contributed by atoms with E-state index in [0.29, 0.717) is 11.5 Å². The van der Waals surface area contributed by atoms with E-state index >= 15 is 0 Å². The number of nitrogens with one attached hydrogen (secondary N) is 2. The van der Waals surface area contributed by atoms with Crippen LogP contribution >= 0.6 is 0 Å². The molecule has 2 N–H and O–H groups in total. The minimum Gasteiger partial charge on any atom is -0.493 e. The van der Waals surface area contributed by atoms with Crippen LogP contribution in [0.4, 0.5) is 0 Å². The molecule has 3 amide bonds. The van der Waals surface area contributed by atoms with Crippen LogP contribution in [-0.2, 0) is 25.4 Å². The van der Waals surface area contributed by atoms with E-state index in [1.54, 1.807) is 36.4 Å². The van der Waals surface area contributed by atoms with Gasteiger partial charge in [0, 0.05) is 38.8 Å². The van der Waals surface area contributed by atoms with Gasteiger partial charge < -0.3 is 29.7 Å². The SMILES string of the molecule is COc1ccc2cc1OCC(=O)NCc1ccc(cc1)O[C@H]1CN(C(=O)c3cc(=O)n(C)c(=O)n3C)C[C@@H]1NC2=O. The van der Waals surface area contributed by atoms with Crippen molar-refractivity contribution in [2.75, 3.05) is 26.8 Å². The second-order valence-corrected chi connectivity index (χ2v) is 9.79. The zero-order chi connectivity index (χ0) is 29.3. The first-order valence-corrected chi connectivity index (χ1v) is 12.8. The normalized spacial score (nSPS) is 18.9. The predicted octanol–water partition coefficient (Wildman–Crippen LogP) is -0.197. The molecule has 3 aliphatic heterocycles. The minimum absolute atomic E-state index is 0.0641. The summed E-state index contributed by atoms with van der Waals surface area (Å²) < 4.78 is 19.2. The van der Waals surface area contributed by atoms with Gasteiger partial charge in [-0.3, -0.25) is 28.3 Å². The molecule has 3 aromatic rings. The number of rotatable bonds is 2. The number of likely N-dealkylation sites (tertiary alicyclic amines) is 1. The highest BCUT2D eigenvalue weighted by atomic mass is 16.5. The monoisotopic (exact) mass is 563 g/mol. The smallest absolute Gasteiger partial charge is 0.331 e. The average Bonchev–Trinajstić information content (AvgIpc) is 3.37. The second kappa shape index (κ2) is 11.2. The van der Waals surface area contributed by atoms with Crippen molar-refractivity contribution >= 4 is 17.7 Å². The number of hydrogen-bond donors (Lipinski definition) is 2. The summed E-state index contributed by atoms with van der Waals surface area (Å²) in [5.41, 5.74) is -0.224. The Kier molecular flexibility index (Phi) is 7.51. The third kappa shape index (κ3) is 5.64. The summed E-state index contributed by atoms with van der Waals surface area (Å²) in [6.07, 6.45) is -0.651. The molecule has 0 radical (unpaired) electrons. The van der Waals surface area contributed by atoms with E-state index in [4.69, 9.17) is 14.2 Å². The van der Waals surface area contributed by atoms with E-state index in [1.807, 2.05) is 0 Å². The molecule has 0 aliphatic carbocycles. The minimum atomic E-state index is -0.651. The number of ether oxygens (including phenoxy) is 3. The van der Waals surface area contributed by atoms with Crippen LogP contribution in [0.25, 0.3) is 0 Å².